The molecule has 0 spiro atoms. The van der Waals surface area contributed by atoms with E-state index in [-0.39, 0.29) is 28.6 Å². The number of hydrogen-bond donors (Lipinski definition) is 1. The average Bonchev–Trinajstić information content (AvgIpc) is 2.37. The number of carbonyl (C=O) groups excluding carboxylic acids is 1. The van der Waals surface area contributed by atoms with Gasteiger partial charge in [-0.3, -0.25) is 14.9 Å². The monoisotopic (exact) mass is 298 g/mol. The summed E-state index contributed by atoms with van der Waals surface area (Å²) in [7, 11) is 0. The van der Waals surface area contributed by atoms with Crippen molar-refractivity contribution in [3.8, 4) is 0 Å². The number of nitrogens with one attached hydrogen (secondary N) is 1. The highest BCUT2D eigenvalue weighted by molar-refractivity contribution is 6.17. The zero-order valence-corrected chi connectivity index (χ0v) is 12.6. The predicted molar refractivity (Wildman–Crippen MR) is 79.1 cm³/mol. The van der Waals surface area contributed by atoms with Crippen molar-refractivity contribution in [2.75, 3.05) is 5.88 Å². The van der Waals surface area contributed by atoms with Gasteiger partial charge in [0, 0.05) is 29.6 Å². The highest BCUT2D eigenvalue weighted by Gasteiger charge is 2.26. The molecule has 0 fully saturated rings. The van der Waals surface area contributed by atoms with Crippen molar-refractivity contribution < 1.29 is 9.72 Å². The minimum Gasteiger partial charge on any atom is -0.349 e. The minimum atomic E-state index is -0.517. The standard InChI is InChI=1S/C14H19ClN2O3/c1-14(2,3)12(7-8-15)16-13(18)10-5-4-6-11(9-10)17(19)20/h4-6,9,12H,7-8H2,1-3H3,(H,16,18). The summed E-state index contributed by atoms with van der Waals surface area (Å²) in [6.45, 7) is 6.04. The molecule has 0 heterocycles. The number of benzene rings is 1. The molecule has 0 radical (unpaired) electrons. The lowest BCUT2D eigenvalue weighted by Gasteiger charge is -2.31. The van der Waals surface area contributed by atoms with Crippen LogP contribution < -0.4 is 5.32 Å². The number of nitro benzene ring substituents is 1. The third-order valence-electron chi connectivity index (χ3n) is 3.07. The average molecular weight is 299 g/mol. The van der Waals surface area contributed by atoms with Gasteiger partial charge in [0.2, 0.25) is 0 Å². The number of nitro groups is 1. The van der Waals surface area contributed by atoms with E-state index < -0.39 is 4.92 Å². The molecule has 0 saturated carbocycles. The van der Waals surface area contributed by atoms with Crippen LogP contribution >= 0.6 is 11.6 Å². The lowest BCUT2D eigenvalue weighted by atomic mass is 9.85. The van der Waals surface area contributed by atoms with E-state index in [0.717, 1.165) is 0 Å². The van der Waals surface area contributed by atoms with Gasteiger partial charge in [0.25, 0.3) is 11.6 Å². The van der Waals surface area contributed by atoms with Crippen molar-refractivity contribution in [3.05, 3.63) is 39.9 Å². The second-order valence-electron chi connectivity index (χ2n) is 5.68. The van der Waals surface area contributed by atoms with Crippen LogP contribution in [-0.4, -0.2) is 22.8 Å². The van der Waals surface area contributed by atoms with E-state index in [4.69, 9.17) is 11.6 Å². The fraction of sp³-hybridized carbons (Fsp3) is 0.500. The lowest BCUT2D eigenvalue weighted by Crippen LogP contribution is -2.44. The third kappa shape index (κ3) is 4.49. The first-order valence-electron chi connectivity index (χ1n) is 6.37. The number of nitrogens with zero attached hydrogens (tertiary/aromatic N) is 1. The van der Waals surface area contributed by atoms with Gasteiger partial charge in [0.15, 0.2) is 0 Å². The Morgan fingerprint density at radius 3 is 2.60 bits per heavy atom. The predicted octanol–water partition coefficient (Wildman–Crippen LogP) is 3.37. The number of hydrogen-bond acceptors (Lipinski definition) is 3. The van der Waals surface area contributed by atoms with Crippen molar-refractivity contribution in [2.24, 2.45) is 5.41 Å². The number of non-ortho nitro benzene ring substituents is 1. The smallest absolute Gasteiger partial charge is 0.270 e. The molecule has 0 aliphatic heterocycles. The van der Waals surface area contributed by atoms with E-state index in [1.165, 1.54) is 18.2 Å². The Balaban J connectivity index is 2.89. The Morgan fingerprint density at radius 1 is 1.45 bits per heavy atom. The lowest BCUT2D eigenvalue weighted by molar-refractivity contribution is -0.384. The molecule has 1 unspecified atom stereocenters. The second kappa shape index (κ2) is 6.70. The van der Waals surface area contributed by atoms with Crippen molar-refractivity contribution in [1.82, 2.24) is 5.32 Å². The van der Waals surface area contributed by atoms with Gasteiger partial charge in [0.05, 0.1) is 4.92 Å². The van der Waals surface area contributed by atoms with Crippen LogP contribution in [0.3, 0.4) is 0 Å². The number of alkyl halides is 1. The molecule has 1 atom stereocenters. The maximum Gasteiger partial charge on any atom is 0.270 e. The molecule has 20 heavy (non-hydrogen) atoms. The maximum atomic E-state index is 12.2. The van der Waals surface area contributed by atoms with Gasteiger partial charge in [-0.1, -0.05) is 26.8 Å². The summed E-state index contributed by atoms with van der Waals surface area (Å²) in [5.41, 5.74) is 0.0518. The van der Waals surface area contributed by atoms with Crippen molar-refractivity contribution in [1.29, 1.82) is 0 Å². The van der Waals surface area contributed by atoms with Crippen LogP contribution in [0.5, 0.6) is 0 Å². The van der Waals surface area contributed by atoms with E-state index in [1.807, 2.05) is 20.8 Å². The fourth-order valence-electron chi connectivity index (χ4n) is 1.83. The summed E-state index contributed by atoms with van der Waals surface area (Å²) in [6.07, 6.45) is 0.645. The van der Waals surface area contributed by atoms with Crippen LogP contribution in [0.25, 0.3) is 0 Å². The summed E-state index contributed by atoms with van der Waals surface area (Å²) >= 11 is 5.76. The molecular formula is C14H19ClN2O3. The minimum absolute atomic E-state index is 0.0910. The molecule has 1 amide bonds. The van der Waals surface area contributed by atoms with Gasteiger partial charge in [-0.2, -0.15) is 0 Å². The van der Waals surface area contributed by atoms with Gasteiger partial charge in [-0.25, -0.2) is 0 Å². The Bertz CT molecular complexity index is 497. The number of halogens is 1. The van der Waals surface area contributed by atoms with Gasteiger partial charge >= 0.3 is 0 Å². The third-order valence-corrected chi connectivity index (χ3v) is 3.29. The van der Waals surface area contributed by atoms with Crippen LogP contribution in [0.2, 0.25) is 0 Å². The van der Waals surface area contributed by atoms with Gasteiger partial charge in [0.1, 0.15) is 0 Å². The van der Waals surface area contributed by atoms with Crippen LogP contribution in [0.15, 0.2) is 24.3 Å². The van der Waals surface area contributed by atoms with E-state index in [1.54, 1.807) is 6.07 Å². The van der Waals surface area contributed by atoms with Crippen molar-refractivity contribution >= 4 is 23.2 Å². The molecule has 1 aromatic carbocycles. The summed E-state index contributed by atoms with van der Waals surface area (Å²) < 4.78 is 0. The maximum absolute atomic E-state index is 12.2. The molecule has 0 aliphatic carbocycles. The summed E-state index contributed by atoms with van der Waals surface area (Å²) in [6, 6.07) is 5.60. The molecule has 110 valence electrons. The largest absolute Gasteiger partial charge is 0.349 e. The molecule has 1 rings (SSSR count). The zero-order valence-electron chi connectivity index (χ0n) is 11.9. The molecular weight excluding hydrogens is 280 g/mol. The van der Waals surface area contributed by atoms with Gasteiger partial charge in [-0.15, -0.1) is 11.6 Å². The van der Waals surface area contributed by atoms with Crippen molar-refractivity contribution in [2.45, 2.75) is 33.2 Å². The molecule has 0 aliphatic rings. The molecule has 0 aromatic heterocycles. The van der Waals surface area contributed by atoms with E-state index in [9.17, 15) is 14.9 Å². The Labute approximate surface area is 123 Å². The topological polar surface area (TPSA) is 72.2 Å². The van der Waals surface area contributed by atoms with Gasteiger partial charge in [-0.05, 0) is 17.9 Å². The normalized spacial score (nSPS) is 12.8. The number of carbonyl (C=O) groups is 1. The van der Waals surface area contributed by atoms with Crippen LogP contribution in [0.4, 0.5) is 5.69 Å². The molecule has 1 N–H and O–H groups in total. The second-order valence-corrected chi connectivity index (χ2v) is 6.06. The molecule has 0 bridgehead atoms. The highest BCUT2D eigenvalue weighted by atomic mass is 35.5. The zero-order chi connectivity index (χ0) is 15.3. The first kappa shape index (κ1) is 16.4. The first-order valence-corrected chi connectivity index (χ1v) is 6.90. The van der Waals surface area contributed by atoms with Crippen molar-refractivity contribution in [3.63, 3.8) is 0 Å². The first-order chi connectivity index (χ1) is 9.25. The highest BCUT2D eigenvalue weighted by Crippen LogP contribution is 2.23. The van der Waals surface area contributed by atoms with Crippen LogP contribution in [-0.2, 0) is 0 Å². The molecule has 0 saturated heterocycles. The molecule has 5 nitrogen and oxygen atoms in total. The van der Waals surface area contributed by atoms with E-state index in [2.05, 4.69) is 5.32 Å². The number of rotatable bonds is 5. The van der Waals surface area contributed by atoms with E-state index in [0.29, 0.717) is 12.3 Å². The van der Waals surface area contributed by atoms with Gasteiger partial charge < -0.3 is 5.32 Å². The Hall–Kier alpha value is -1.62. The molecule has 1 aromatic rings. The Morgan fingerprint density at radius 2 is 2.10 bits per heavy atom. The quantitative estimate of drug-likeness (QED) is 0.514. The summed E-state index contributed by atoms with van der Waals surface area (Å²) in [4.78, 5) is 22.4. The summed E-state index contributed by atoms with van der Waals surface area (Å²) in [5.74, 6) is 0.121. The van der Waals surface area contributed by atoms with Crippen LogP contribution in [0, 0.1) is 15.5 Å². The fourth-order valence-corrected chi connectivity index (χ4v) is 2.05. The van der Waals surface area contributed by atoms with E-state index >= 15 is 0 Å². The number of amides is 1. The van der Waals surface area contributed by atoms with Crippen LogP contribution in [0.1, 0.15) is 37.6 Å². The molecule has 6 heteroatoms. The Kier molecular flexibility index (Phi) is 5.51. The summed E-state index contributed by atoms with van der Waals surface area (Å²) in [5, 5.41) is 13.6. The SMILES string of the molecule is CC(C)(C)C(CCCl)NC(=O)c1cccc([N+](=O)[O-])c1.